The molecular formula is C26H32N2O6. The molecule has 0 fully saturated rings. The summed E-state index contributed by atoms with van der Waals surface area (Å²) in [6.45, 7) is 2.19. The van der Waals surface area contributed by atoms with Crippen LogP contribution in [0.4, 0.5) is 4.79 Å². The SMILES string of the molecule is CC(ONC(=O)CCCCCCCNC(=O)OCC1c2ccccc2-c2ccccc21)C(=O)O. The molecule has 8 heteroatoms. The Balaban J connectivity index is 1.25. The average molecular weight is 469 g/mol. The zero-order valence-electron chi connectivity index (χ0n) is 19.4. The van der Waals surface area contributed by atoms with Crippen LogP contribution in [0.3, 0.4) is 0 Å². The van der Waals surface area contributed by atoms with E-state index in [1.165, 1.54) is 29.2 Å². The van der Waals surface area contributed by atoms with Gasteiger partial charge in [0.15, 0.2) is 6.10 Å². The number of fused-ring (bicyclic) bond motifs is 3. The van der Waals surface area contributed by atoms with Gasteiger partial charge in [-0.3, -0.25) is 9.63 Å². The summed E-state index contributed by atoms with van der Waals surface area (Å²) in [7, 11) is 0. The van der Waals surface area contributed by atoms with Crippen molar-refractivity contribution in [2.45, 2.75) is 57.5 Å². The fourth-order valence-corrected chi connectivity index (χ4v) is 4.04. The number of carboxylic acids is 1. The first-order valence-electron chi connectivity index (χ1n) is 11.7. The molecule has 1 aliphatic rings. The molecule has 0 radical (unpaired) electrons. The van der Waals surface area contributed by atoms with Crippen molar-refractivity contribution in [3.8, 4) is 11.1 Å². The summed E-state index contributed by atoms with van der Waals surface area (Å²) < 4.78 is 5.52. The Kier molecular flexibility index (Phi) is 9.46. The van der Waals surface area contributed by atoms with Gasteiger partial charge in [-0.05, 0) is 42.0 Å². The van der Waals surface area contributed by atoms with Crippen molar-refractivity contribution >= 4 is 18.0 Å². The molecule has 2 amide bonds. The number of carbonyl (C=O) groups excluding carboxylic acids is 2. The number of aliphatic carboxylic acids is 1. The predicted molar refractivity (Wildman–Crippen MR) is 127 cm³/mol. The Morgan fingerprint density at radius 1 is 0.912 bits per heavy atom. The van der Waals surface area contributed by atoms with Gasteiger partial charge >= 0.3 is 12.1 Å². The van der Waals surface area contributed by atoms with Crippen molar-refractivity contribution in [1.82, 2.24) is 10.8 Å². The number of hydroxylamine groups is 1. The van der Waals surface area contributed by atoms with Crippen LogP contribution in [0, 0.1) is 0 Å². The van der Waals surface area contributed by atoms with Gasteiger partial charge in [0.1, 0.15) is 6.61 Å². The summed E-state index contributed by atoms with van der Waals surface area (Å²) in [5.41, 5.74) is 6.93. The van der Waals surface area contributed by atoms with Crippen LogP contribution in [0.5, 0.6) is 0 Å². The summed E-state index contributed by atoms with van der Waals surface area (Å²) in [6.07, 6.45) is 3.05. The van der Waals surface area contributed by atoms with Crippen molar-refractivity contribution in [1.29, 1.82) is 0 Å². The lowest BCUT2D eigenvalue weighted by atomic mass is 9.98. The number of benzene rings is 2. The van der Waals surface area contributed by atoms with E-state index in [2.05, 4.69) is 35.1 Å². The molecule has 0 saturated heterocycles. The molecule has 0 saturated carbocycles. The second-order valence-electron chi connectivity index (χ2n) is 8.39. The molecule has 3 N–H and O–H groups in total. The molecule has 1 aliphatic carbocycles. The van der Waals surface area contributed by atoms with Gasteiger partial charge in [0, 0.05) is 18.9 Å². The number of alkyl carbamates (subject to hydrolysis) is 1. The Bertz CT molecular complexity index is 947. The molecule has 2 aromatic carbocycles. The van der Waals surface area contributed by atoms with E-state index in [1.807, 2.05) is 24.3 Å². The van der Waals surface area contributed by atoms with Crippen molar-refractivity contribution < 1.29 is 29.1 Å². The Labute approximate surface area is 199 Å². The highest BCUT2D eigenvalue weighted by atomic mass is 16.7. The molecule has 3 rings (SSSR count). The number of unbranched alkanes of at least 4 members (excludes halogenated alkanes) is 4. The minimum atomic E-state index is -1.13. The zero-order chi connectivity index (χ0) is 24.3. The molecule has 182 valence electrons. The molecule has 0 aromatic heterocycles. The molecule has 34 heavy (non-hydrogen) atoms. The lowest BCUT2D eigenvalue weighted by Crippen LogP contribution is -2.32. The molecule has 0 bridgehead atoms. The molecule has 2 aromatic rings. The Hall–Kier alpha value is -3.39. The highest BCUT2D eigenvalue weighted by Crippen LogP contribution is 2.44. The molecule has 0 spiro atoms. The summed E-state index contributed by atoms with van der Waals surface area (Å²) in [4.78, 5) is 39.1. The van der Waals surface area contributed by atoms with Crippen molar-refractivity contribution in [2.24, 2.45) is 0 Å². The number of hydrogen-bond donors (Lipinski definition) is 3. The summed E-state index contributed by atoms with van der Waals surface area (Å²) in [6, 6.07) is 16.5. The first-order valence-corrected chi connectivity index (χ1v) is 11.7. The molecular weight excluding hydrogens is 436 g/mol. The minimum absolute atomic E-state index is 0.0492. The van der Waals surface area contributed by atoms with Gasteiger partial charge in [0.2, 0.25) is 5.91 Å². The average Bonchev–Trinajstić information content (AvgIpc) is 3.16. The molecule has 1 unspecified atom stereocenters. The van der Waals surface area contributed by atoms with Crippen LogP contribution < -0.4 is 10.8 Å². The van der Waals surface area contributed by atoms with Crippen molar-refractivity contribution in [3.63, 3.8) is 0 Å². The third-order valence-electron chi connectivity index (χ3n) is 5.89. The number of amides is 2. The van der Waals surface area contributed by atoms with Gasteiger partial charge in [0.05, 0.1) is 0 Å². The van der Waals surface area contributed by atoms with Crippen LogP contribution in [0.2, 0.25) is 0 Å². The number of ether oxygens (including phenoxy) is 1. The first kappa shape index (κ1) is 25.2. The standard InChI is InChI=1S/C26H32N2O6/c1-18(25(30)31)34-28-24(29)15-5-3-2-4-10-16-27-26(32)33-17-23-21-13-8-6-11-19(21)20-12-7-9-14-22(20)23/h6-9,11-14,18,23H,2-5,10,15-17H2,1H3,(H,27,32)(H,28,29)(H,30,31). The van der Waals surface area contributed by atoms with E-state index in [0.717, 1.165) is 25.7 Å². The van der Waals surface area contributed by atoms with E-state index in [9.17, 15) is 14.4 Å². The van der Waals surface area contributed by atoms with Gasteiger partial charge < -0.3 is 15.2 Å². The van der Waals surface area contributed by atoms with E-state index in [-0.39, 0.29) is 18.2 Å². The van der Waals surface area contributed by atoms with Crippen LogP contribution in [-0.4, -0.2) is 42.3 Å². The normalized spacial score (nSPS) is 13.0. The van der Waals surface area contributed by atoms with Crippen molar-refractivity contribution in [3.05, 3.63) is 59.7 Å². The van der Waals surface area contributed by atoms with E-state index in [0.29, 0.717) is 19.6 Å². The second kappa shape index (κ2) is 12.7. The number of carbonyl (C=O) groups is 3. The maximum absolute atomic E-state index is 12.2. The van der Waals surface area contributed by atoms with Gasteiger partial charge in [-0.1, -0.05) is 67.8 Å². The maximum atomic E-state index is 12.2. The highest BCUT2D eigenvalue weighted by Gasteiger charge is 2.28. The van der Waals surface area contributed by atoms with Gasteiger partial charge in [-0.15, -0.1) is 0 Å². The molecule has 0 aliphatic heterocycles. The minimum Gasteiger partial charge on any atom is -0.479 e. The Morgan fingerprint density at radius 2 is 1.50 bits per heavy atom. The smallest absolute Gasteiger partial charge is 0.407 e. The molecule has 0 heterocycles. The van der Waals surface area contributed by atoms with E-state index >= 15 is 0 Å². The topological polar surface area (TPSA) is 114 Å². The van der Waals surface area contributed by atoms with E-state index in [4.69, 9.17) is 14.7 Å². The summed E-state index contributed by atoms with van der Waals surface area (Å²) in [5, 5.41) is 11.5. The van der Waals surface area contributed by atoms with Crippen LogP contribution >= 0.6 is 0 Å². The highest BCUT2D eigenvalue weighted by molar-refractivity contribution is 5.79. The van der Waals surface area contributed by atoms with Crippen molar-refractivity contribution in [2.75, 3.05) is 13.2 Å². The second-order valence-corrected chi connectivity index (χ2v) is 8.39. The Morgan fingerprint density at radius 3 is 2.15 bits per heavy atom. The van der Waals surface area contributed by atoms with Gasteiger partial charge in [-0.25, -0.2) is 15.1 Å². The van der Waals surface area contributed by atoms with Gasteiger partial charge in [-0.2, -0.15) is 0 Å². The molecule has 8 nitrogen and oxygen atoms in total. The summed E-state index contributed by atoms with van der Waals surface area (Å²) >= 11 is 0. The first-order chi connectivity index (χ1) is 16.5. The fraction of sp³-hybridized carbons (Fsp3) is 0.423. The van der Waals surface area contributed by atoms with Crippen LogP contribution in [0.25, 0.3) is 11.1 Å². The van der Waals surface area contributed by atoms with Crippen LogP contribution in [0.1, 0.15) is 62.5 Å². The summed E-state index contributed by atoms with van der Waals surface area (Å²) in [5.74, 6) is -1.41. The molecule has 1 atom stereocenters. The lowest BCUT2D eigenvalue weighted by molar-refractivity contribution is -0.158. The number of hydrogen-bond acceptors (Lipinski definition) is 5. The zero-order valence-corrected chi connectivity index (χ0v) is 19.4. The van der Waals surface area contributed by atoms with Gasteiger partial charge in [0.25, 0.3) is 0 Å². The van der Waals surface area contributed by atoms with E-state index < -0.39 is 18.2 Å². The number of carboxylic acid groups (broad SMARTS) is 1. The van der Waals surface area contributed by atoms with E-state index in [1.54, 1.807) is 0 Å². The largest absolute Gasteiger partial charge is 0.479 e. The lowest BCUT2D eigenvalue weighted by Gasteiger charge is -2.14. The maximum Gasteiger partial charge on any atom is 0.407 e. The van der Waals surface area contributed by atoms with Crippen LogP contribution in [-0.2, 0) is 19.2 Å². The number of rotatable bonds is 13. The third kappa shape index (κ3) is 7.05. The third-order valence-corrected chi connectivity index (χ3v) is 5.89. The number of nitrogens with one attached hydrogen (secondary N) is 2. The predicted octanol–water partition coefficient (Wildman–Crippen LogP) is 4.39. The monoisotopic (exact) mass is 468 g/mol. The quantitative estimate of drug-likeness (QED) is 0.297. The fourth-order valence-electron chi connectivity index (χ4n) is 4.04. The van der Waals surface area contributed by atoms with Crippen LogP contribution in [0.15, 0.2) is 48.5 Å².